The first-order valence-electron chi connectivity index (χ1n) is 12.1. The summed E-state index contributed by atoms with van der Waals surface area (Å²) in [6, 6.07) is 9.90. The quantitative estimate of drug-likeness (QED) is 0.464. The van der Waals surface area contributed by atoms with Gasteiger partial charge in [-0.2, -0.15) is 0 Å². The van der Waals surface area contributed by atoms with Gasteiger partial charge in [0.2, 0.25) is 0 Å². The van der Waals surface area contributed by atoms with Crippen LogP contribution >= 0.6 is 0 Å². The van der Waals surface area contributed by atoms with Crippen molar-refractivity contribution in [2.75, 3.05) is 43.9 Å². The minimum atomic E-state index is -1.02. The van der Waals surface area contributed by atoms with E-state index < -0.39 is 17.7 Å². The molecule has 196 valence electrons. The van der Waals surface area contributed by atoms with Crippen LogP contribution in [-0.4, -0.2) is 71.1 Å². The Balaban J connectivity index is 1.42. The van der Waals surface area contributed by atoms with Crippen molar-refractivity contribution in [3.05, 3.63) is 59.9 Å². The van der Waals surface area contributed by atoms with Crippen LogP contribution in [0.3, 0.4) is 0 Å². The van der Waals surface area contributed by atoms with Gasteiger partial charge in [-0.1, -0.05) is 26.0 Å². The molecule has 9 nitrogen and oxygen atoms in total. The molecule has 1 aromatic heterocycles. The molecule has 1 atom stereocenters. The van der Waals surface area contributed by atoms with E-state index in [9.17, 15) is 18.4 Å². The number of hydrogen-bond acceptors (Lipinski definition) is 7. The smallest absolute Gasteiger partial charge is 0.328 e. The number of methoxy groups -OCH3 is 1. The summed E-state index contributed by atoms with van der Waals surface area (Å²) in [5.74, 6) is -1.21. The van der Waals surface area contributed by atoms with Crippen molar-refractivity contribution >= 4 is 34.4 Å². The zero-order valence-corrected chi connectivity index (χ0v) is 21.0. The van der Waals surface area contributed by atoms with Gasteiger partial charge in [0.25, 0.3) is 0 Å². The number of urea groups is 1. The van der Waals surface area contributed by atoms with Crippen LogP contribution in [0.2, 0.25) is 0 Å². The number of fused-ring (bicyclic) bond motifs is 1. The van der Waals surface area contributed by atoms with Crippen molar-refractivity contribution < 1.29 is 23.1 Å². The summed E-state index contributed by atoms with van der Waals surface area (Å²) < 4.78 is 31.5. The van der Waals surface area contributed by atoms with Crippen LogP contribution in [-0.2, 0) is 16.1 Å². The zero-order valence-electron chi connectivity index (χ0n) is 21.0. The Morgan fingerprint density at radius 2 is 1.76 bits per heavy atom. The van der Waals surface area contributed by atoms with E-state index in [1.807, 2.05) is 38.1 Å². The average molecular weight is 513 g/mol. The molecule has 1 aliphatic heterocycles. The summed E-state index contributed by atoms with van der Waals surface area (Å²) in [6.45, 7) is 6.39. The van der Waals surface area contributed by atoms with Gasteiger partial charge in [-0.3, -0.25) is 4.90 Å². The van der Waals surface area contributed by atoms with Crippen molar-refractivity contribution in [1.29, 1.82) is 0 Å². The van der Waals surface area contributed by atoms with E-state index >= 15 is 0 Å². The molecule has 11 heteroatoms. The summed E-state index contributed by atoms with van der Waals surface area (Å²) >= 11 is 0. The number of carbonyl (C=O) groups excluding carboxylic acids is 2. The topological polar surface area (TPSA) is 99.7 Å². The number of benzene rings is 2. The molecule has 1 fully saturated rings. The number of aromatic nitrogens is 2. The molecule has 37 heavy (non-hydrogen) atoms. The fourth-order valence-corrected chi connectivity index (χ4v) is 4.16. The lowest BCUT2D eigenvalue weighted by Gasteiger charge is -2.34. The van der Waals surface area contributed by atoms with E-state index in [4.69, 9.17) is 14.7 Å². The van der Waals surface area contributed by atoms with Gasteiger partial charge in [0.1, 0.15) is 17.7 Å². The van der Waals surface area contributed by atoms with Crippen LogP contribution in [0.15, 0.2) is 42.5 Å². The van der Waals surface area contributed by atoms with E-state index in [0.717, 1.165) is 23.0 Å². The number of nitrogens with zero attached hydrogens (tertiary/aromatic N) is 4. The molecule has 3 aromatic rings. The highest BCUT2D eigenvalue weighted by Gasteiger charge is 2.26. The summed E-state index contributed by atoms with van der Waals surface area (Å²) in [6.07, 6.45) is 0. The van der Waals surface area contributed by atoms with Crippen LogP contribution in [0.1, 0.15) is 19.7 Å². The normalized spacial score (nSPS) is 15.0. The first kappa shape index (κ1) is 26.2. The molecule has 0 unspecified atom stereocenters. The van der Waals surface area contributed by atoms with E-state index in [-0.39, 0.29) is 23.6 Å². The number of anilines is 2. The molecule has 0 aliphatic carbocycles. The summed E-state index contributed by atoms with van der Waals surface area (Å²) in [5, 5.41) is 6.66. The highest BCUT2D eigenvalue weighted by molar-refractivity contribution is 5.91. The highest BCUT2D eigenvalue weighted by atomic mass is 19.2. The first-order valence-corrected chi connectivity index (χ1v) is 12.1. The largest absolute Gasteiger partial charge is 0.467 e. The number of rotatable bonds is 7. The van der Waals surface area contributed by atoms with Crippen LogP contribution in [0.5, 0.6) is 0 Å². The Morgan fingerprint density at radius 1 is 1.03 bits per heavy atom. The molecule has 0 saturated carbocycles. The summed E-state index contributed by atoms with van der Waals surface area (Å²) in [5.41, 5.74) is 0.953. The first-order chi connectivity index (χ1) is 17.7. The molecule has 2 N–H and O–H groups in total. The fourth-order valence-electron chi connectivity index (χ4n) is 4.16. The van der Waals surface area contributed by atoms with Crippen LogP contribution < -0.4 is 10.6 Å². The van der Waals surface area contributed by atoms with E-state index in [0.29, 0.717) is 44.4 Å². The number of ether oxygens (including phenoxy) is 1. The van der Waals surface area contributed by atoms with Gasteiger partial charge in [0, 0.05) is 43.3 Å². The Hall–Kier alpha value is -3.86. The monoisotopic (exact) mass is 512 g/mol. The SMILES string of the molecule is COC(=O)[C@@H](Nc1nc(CN2CCN(C(=O)Nc3ccc(F)c(F)c3)CC2)nc2ccccc12)C(C)C. The van der Waals surface area contributed by atoms with Crippen molar-refractivity contribution in [3.8, 4) is 0 Å². The number of halogens is 2. The fraction of sp³-hybridized carbons (Fsp3) is 0.385. The van der Waals surface area contributed by atoms with Gasteiger partial charge >= 0.3 is 12.0 Å². The van der Waals surface area contributed by atoms with Crippen LogP contribution in [0.4, 0.5) is 25.1 Å². The maximum absolute atomic E-state index is 13.4. The van der Waals surface area contributed by atoms with Crippen molar-refractivity contribution in [2.45, 2.75) is 26.4 Å². The minimum absolute atomic E-state index is 0.0183. The molecule has 0 bridgehead atoms. The predicted molar refractivity (Wildman–Crippen MR) is 136 cm³/mol. The van der Waals surface area contributed by atoms with Crippen molar-refractivity contribution in [2.24, 2.45) is 5.92 Å². The van der Waals surface area contributed by atoms with E-state index in [2.05, 4.69) is 15.5 Å². The maximum Gasteiger partial charge on any atom is 0.328 e. The number of carbonyl (C=O) groups is 2. The Labute approximate surface area is 213 Å². The number of piperazine rings is 1. The number of esters is 1. The van der Waals surface area contributed by atoms with Gasteiger partial charge in [0.05, 0.1) is 19.2 Å². The lowest BCUT2D eigenvalue weighted by molar-refractivity contribution is -0.142. The predicted octanol–water partition coefficient (Wildman–Crippen LogP) is 3.87. The molecular formula is C26H30F2N6O3. The molecular weight excluding hydrogens is 482 g/mol. The summed E-state index contributed by atoms with van der Waals surface area (Å²) in [7, 11) is 1.36. The van der Waals surface area contributed by atoms with Gasteiger partial charge in [-0.25, -0.2) is 28.3 Å². The van der Waals surface area contributed by atoms with E-state index in [1.54, 1.807) is 4.90 Å². The van der Waals surface area contributed by atoms with Crippen LogP contribution in [0.25, 0.3) is 10.9 Å². The molecule has 1 aliphatic rings. The van der Waals surface area contributed by atoms with E-state index in [1.165, 1.54) is 13.2 Å². The average Bonchev–Trinajstić information content (AvgIpc) is 2.89. The van der Waals surface area contributed by atoms with Crippen molar-refractivity contribution in [3.63, 3.8) is 0 Å². The minimum Gasteiger partial charge on any atom is -0.467 e. The number of hydrogen-bond donors (Lipinski definition) is 2. The summed E-state index contributed by atoms with van der Waals surface area (Å²) in [4.78, 5) is 38.1. The second-order valence-corrected chi connectivity index (χ2v) is 9.22. The third-order valence-corrected chi connectivity index (χ3v) is 6.26. The molecule has 1 saturated heterocycles. The molecule has 2 aromatic carbocycles. The molecule has 2 heterocycles. The van der Waals surface area contributed by atoms with Gasteiger partial charge in [-0.05, 0) is 30.2 Å². The molecule has 2 amide bonds. The van der Waals surface area contributed by atoms with Crippen molar-refractivity contribution in [1.82, 2.24) is 19.8 Å². The lowest BCUT2D eigenvalue weighted by atomic mass is 10.0. The zero-order chi connectivity index (χ0) is 26.5. The molecule has 0 radical (unpaired) electrons. The van der Waals surface area contributed by atoms with Gasteiger partial charge in [0.15, 0.2) is 11.6 Å². The molecule has 4 rings (SSSR count). The second-order valence-electron chi connectivity index (χ2n) is 9.22. The van der Waals surface area contributed by atoms with Gasteiger partial charge < -0.3 is 20.3 Å². The molecule has 0 spiro atoms. The highest BCUT2D eigenvalue weighted by Crippen LogP contribution is 2.23. The third kappa shape index (κ3) is 6.29. The Bertz CT molecular complexity index is 1280. The maximum atomic E-state index is 13.4. The second kappa shape index (κ2) is 11.5. The standard InChI is InChI=1S/C26H30F2N6O3/c1-16(2)23(25(35)37-3)32-24-18-6-4-5-7-21(18)30-22(31-24)15-33-10-12-34(13-11-33)26(36)29-17-8-9-19(27)20(28)14-17/h4-9,14,16,23H,10-13,15H2,1-3H3,(H,29,36)(H,30,31,32)/t23-/m0/s1. The lowest BCUT2D eigenvalue weighted by Crippen LogP contribution is -2.49. The van der Waals surface area contributed by atoms with Crippen LogP contribution in [0, 0.1) is 17.6 Å². The number of nitrogens with one attached hydrogen (secondary N) is 2. The number of amides is 2. The Kier molecular flexibility index (Phi) is 8.12. The van der Waals surface area contributed by atoms with Gasteiger partial charge in [-0.15, -0.1) is 0 Å². The third-order valence-electron chi connectivity index (χ3n) is 6.26. The Morgan fingerprint density at radius 3 is 2.43 bits per heavy atom. The number of para-hydroxylation sites is 1.